The zero-order chi connectivity index (χ0) is 16.1. The van der Waals surface area contributed by atoms with Gasteiger partial charge in [-0.2, -0.15) is 0 Å². The first-order valence-electron chi connectivity index (χ1n) is 6.88. The lowest BCUT2D eigenvalue weighted by atomic mass is 10.0. The highest BCUT2D eigenvalue weighted by Crippen LogP contribution is 2.16. The van der Waals surface area contributed by atoms with Gasteiger partial charge in [0.05, 0.1) is 6.26 Å². The van der Waals surface area contributed by atoms with Crippen LogP contribution in [0.15, 0.2) is 47.1 Å². The van der Waals surface area contributed by atoms with Crippen molar-refractivity contribution in [2.75, 3.05) is 5.32 Å². The van der Waals surface area contributed by atoms with E-state index < -0.39 is 11.9 Å². The molecule has 0 aliphatic rings. The summed E-state index contributed by atoms with van der Waals surface area (Å²) in [5.74, 6) is -0.651. The molecule has 1 aromatic heterocycles. The van der Waals surface area contributed by atoms with Gasteiger partial charge in [0.25, 0.3) is 5.91 Å². The first kappa shape index (κ1) is 16.1. The Morgan fingerprint density at radius 3 is 2.55 bits per heavy atom. The number of nitrogens with one attached hydrogen (secondary N) is 2. The molecule has 1 aromatic carbocycles. The number of carbonyl (C=O) groups excluding carboxylic acids is 2. The van der Waals surface area contributed by atoms with Crippen molar-refractivity contribution in [2.45, 2.75) is 19.9 Å². The lowest BCUT2D eigenvalue weighted by Gasteiger charge is -2.21. The Morgan fingerprint density at radius 2 is 1.95 bits per heavy atom. The summed E-state index contributed by atoms with van der Waals surface area (Å²) in [6.45, 7) is 3.70. The molecule has 0 saturated heterocycles. The third-order valence-corrected chi connectivity index (χ3v) is 3.31. The van der Waals surface area contributed by atoms with E-state index in [4.69, 9.17) is 16.0 Å². The zero-order valence-corrected chi connectivity index (χ0v) is 13.1. The maximum Gasteiger partial charge on any atom is 0.287 e. The molecule has 1 atom stereocenters. The van der Waals surface area contributed by atoms with E-state index in [1.54, 1.807) is 36.4 Å². The van der Waals surface area contributed by atoms with Crippen molar-refractivity contribution in [3.8, 4) is 0 Å². The summed E-state index contributed by atoms with van der Waals surface area (Å²) in [7, 11) is 0. The second-order valence-corrected chi connectivity index (χ2v) is 5.61. The van der Waals surface area contributed by atoms with Gasteiger partial charge in [-0.15, -0.1) is 0 Å². The molecular formula is C16H17ClN2O3. The van der Waals surface area contributed by atoms with E-state index in [1.165, 1.54) is 6.26 Å². The summed E-state index contributed by atoms with van der Waals surface area (Å²) >= 11 is 5.89. The fourth-order valence-electron chi connectivity index (χ4n) is 1.94. The molecule has 6 heteroatoms. The molecule has 2 rings (SSSR count). The summed E-state index contributed by atoms with van der Waals surface area (Å²) in [4.78, 5) is 24.4. The Hall–Kier alpha value is -2.27. The van der Waals surface area contributed by atoms with Crippen LogP contribution in [-0.4, -0.2) is 17.9 Å². The number of halogens is 1. The van der Waals surface area contributed by atoms with Crippen LogP contribution in [-0.2, 0) is 4.79 Å². The van der Waals surface area contributed by atoms with Crippen molar-refractivity contribution in [3.63, 3.8) is 0 Å². The van der Waals surface area contributed by atoms with Crippen LogP contribution in [0.1, 0.15) is 24.4 Å². The van der Waals surface area contributed by atoms with Crippen LogP contribution in [0.3, 0.4) is 0 Å². The summed E-state index contributed by atoms with van der Waals surface area (Å²) < 4.78 is 5.03. The molecule has 5 nitrogen and oxygen atoms in total. The average Bonchev–Trinajstić information content (AvgIpc) is 2.98. The third-order valence-electron chi connectivity index (χ3n) is 3.07. The molecule has 0 bridgehead atoms. The molecule has 22 heavy (non-hydrogen) atoms. The average molecular weight is 321 g/mol. The molecular weight excluding hydrogens is 304 g/mol. The number of furan rings is 1. The lowest BCUT2D eigenvalue weighted by molar-refractivity contribution is -0.118. The quantitative estimate of drug-likeness (QED) is 0.887. The zero-order valence-electron chi connectivity index (χ0n) is 12.3. The van der Waals surface area contributed by atoms with Gasteiger partial charge in [0.15, 0.2) is 5.76 Å². The highest BCUT2D eigenvalue weighted by Gasteiger charge is 2.25. The van der Waals surface area contributed by atoms with Crippen LogP contribution >= 0.6 is 11.6 Å². The van der Waals surface area contributed by atoms with Crippen molar-refractivity contribution in [3.05, 3.63) is 53.4 Å². The molecule has 1 heterocycles. The van der Waals surface area contributed by atoms with E-state index in [0.29, 0.717) is 10.7 Å². The van der Waals surface area contributed by atoms with Gasteiger partial charge in [-0.05, 0) is 36.2 Å². The van der Waals surface area contributed by atoms with E-state index >= 15 is 0 Å². The minimum absolute atomic E-state index is 0.0851. The topological polar surface area (TPSA) is 71.3 Å². The van der Waals surface area contributed by atoms with Gasteiger partial charge >= 0.3 is 0 Å². The molecule has 0 aliphatic carbocycles. The van der Waals surface area contributed by atoms with Gasteiger partial charge in [-0.25, -0.2) is 0 Å². The van der Waals surface area contributed by atoms with Crippen LogP contribution in [0, 0.1) is 5.92 Å². The van der Waals surface area contributed by atoms with Crippen molar-refractivity contribution < 1.29 is 14.0 Å². The molecule has 1 unspecified atom stereocenters. The second-order valence-electron chi connectivity index (χ2n) is 5.17. The minimum Gasteiger partial charge on any atom is -0.459 e. The maximum absolute atomic E-state index is 12.4. The molecule has 2 aromatic rings. The number of carbonyl (C=O) groups is 2. The normalized spacial score (nSPS) is 12.0. The van der Waals surface area contributed by atoms with Crippen LogP contribution < -0.4 is 10.6 Å². The standard InChI is InChI=1S/C16H17ClN2O3/c1-10(2)14(19-15(20)13-7-4-8-22-13)16(21)18-12-6-3-5-11(17)9-12/h3-10,14H,1-2H3,(H,18,21)(H,19,20). The Morgan fingerprint density at radius 1 is 1.18 bits per heavy atom. The van der Waals surface area contributed by atoms with Crippen LogP contribution in [0.4, 0.5) is 5.69 Å². The van der Waals surface area contributed by atoms with E-state index in [0.717, 1.165) is 0 Å². The Balaban J connectivity index is 2.07. The molecule has 2 N–H and O–H groups in total. The van der Waals surface area contributed by atoms with Crippen molar-refractivity contribution in [2.24, 2.45) is 5.92 Å². The SMILES string of the molecule is CC(C)C(NC(=O)c1ccco1)C(=O)Nc1cccc(Cl)c1. The van der Waals surface area contributed by atoms with Crippen LogP contribution in [0.25, 0.3) is 0 Å². The lowest BCUT2D eigenvalue weighted by Crippen LogP contribution is -2.47. The summed E-state index contributed by atoms with van der Waals surface area (Å²) in [6.07, 6.45) is 1.41. The van der Waals surface area contributed by atoms with Crippen molar-refractivity contribution >= 4 is 29.1 Å². The highest BCUT2D eigenvalue weighted by atomic mass is 35.5. The number of rotatable bonds is 5. The van der Waals surface area contributed by atoms with E-state index in [2.05, 4.69) is 10.6 Å². The number of anilines is 1. The van der Waals surface area contributed by atoms with Gasteiger partial charge in [0.2, 0.25) is 5.91 Å². The molecule has 0 radical (unpaired) electrons. The second kappa shape index (κ2) is 7.13. The van der Waals surface area contributed by atoms with Gasteiger partial charge in [-0.1, -0.05) is 31.5 Å². The number of benzene rings is 1. The number of hydrogen-bond donors (Lipinski definition) is 2. The molecule has 0 fully saturated rings. The van der Waals surface area contributed by atoms with Gasteiger partial charge in [-0.3, -0.25) is 9.59 Å². The fraction of sp³-hybridized carbons (Fsp3) is 0.250. The van der Waals surface area contributed by atoms with E-state index in [9.17, 15) is 9.59 Å². The molecule has 116 valence electrons. The molecule has 0 spiro atoms. The number of amides is 2. The van der Waals surface area contributed by atoms with E-state index in [1.807, 2.05) is 13.8 Å². The number of hydrogen-bond acceptors (Lipinski definition) is 3. The van der Waals surface area contributed by atoms with Crippen molar-refractivity contribution in [1.82, 2.24) is 5.32 Å². The Bertz CT molecular complexity index is 653. The predicted molar refractivity (Wildman–Crippen MR) is 84.9 cm³/mol. The Kier molecular flexibility index (Phi) is 5.22. The smallest absolute Gasteiger partial charge is 0.287 e. The van der Waals surface area contributed by atoms with Gasteiger partial charge in [0, 0.05) is 10.7 Å². The maximum atomic E-state index is 12.4. The molecule has 2 amide bonds. The predicted octanol–water partition coefficient (Wildman–Crippen LogP) is 3.33. The highest BCUT2D eigenvalue weighted by molar-refractivity contribution is 6.30. The first-order valence-corrected chi connectivity index (χ1v) is 7.26. The Labute approximate surface area is 133 Å². The summed E-state index contributed by atoms with van der Waals surface area (Å²) in [5, 5.41) is 5.95. The monoisotopic (exact) mass is 320 g/mol. The largest absolute Gasteiger partial charge is 0.459 e. The summed E-state index contributed by atoms with van der Waals surface area (Å²) in [6, 6.07) is 9.31. The molecule has 0 saturated carbocycles. The third kappa shape index (κ3) is 4.11. The van der Waals surface area contributed by atoms with Crippen LogP contribution in [0.5, 0.6) is 0 Å². The minimum atomic E-state index is -0.684. The van der Waals surface area contributed by atoms with Gasteiger partial charge < -0.3 is 15.1 Å². The molecule has 0 aliphatic heterocycles. The van der Waals surface area contributed by atoms with Crippen LogP contribution in [0.2, 0.25) is 5.02 Å². The fourth-order valence-corrected chi connectivity index (χ4v) is 2.13. The summed E-state index contributed by atoms with van der Waals surface area (Å²) in [5.41, 5.74) is 0.579. The first-order chi connectivity index (χ1) is 10.5. The van der Waals surface area contributed by atoms with Crippen molar-refractivity contribution in [1.29, 1.82) is 0 Å². The van der Waals surface area contributed by atoms with Gasteiger partial charge in [0.1, 0.15) is 6.04 Å². The van der Waals surface area contributed by atoms with E-state index in [-0.39, 0.29) is 17.6 Å².